The molecule has 1 fully saturated rings. The molecule has 3 rings (SSSR count). The van der Waals surface area contributed by atoms with Crippen LogP contribution in [0.3, 0.4) is 0 Å². The first-order valence-electron chi connectivity index (χ1n) is 5.67. The molecule has 0 amide bonds. The Bertz CT molecular complexity index is 397. The first-order chi connectivity index (χ1) is 7.28. The predicted molar refractivity (Wildman–Crippen MR) is 59.6 cm³/mol. The van der Waals surface area contributed by atoms with Gasteiger partial charge in [0.2, 0.25) is 0 Å². The van der Waals surface area contributed by atoms with Crippen molar-refractivity contribution in [2.75, 3.05) is 13.2 Å². The van der Waals surface area contributed by atoms with Crippen LogP contribution in [0.25, 0.3) is 0 Å². The maximum Gasteiger partial charge on any atom is 0.0508 e. The number of nitrogens with two attached hydrogens (primary N) is 1. The first kappa shape index (κ1) is 9.37. The number of aryl methyl sites for hydroxylation is 1. The Balaban J connectivity index is 2.06. The molecule has 0 aliphatic heterocycles. The summed E-state index contributed by atoms with van der Waals surface area (Å²) in [6.07, 6.45) is 3.39. The fourth-order valence-corrected chi connectivity index (χ4v) is 3.50. The van der Waals surface area contributed by atoms with E-state index in [4.69, 9.17) is 5.73 Å². The summed E-state index contributed by atoms with van der Waals surface area (Å²) in [4.78, 5) is 0. The zero-order chi connectivity index (χ0) is 10.5. The van der Waals surface area contributed by atoms with Crippen LogP contribution in [0, 0.1) is 5.41 Å². The van der Waals surface area contributed by atoms with Gasteiger partial charge in [-0.25, -0.2) is 0 Å². The largest absolute Gasteiger partial charge is 0.396 e. The van der Waals surface area contributed by atoms with E-state index in [1.54, 1.807) is 0 Å². The molecule has 2 unspecified atom stereocenters. The first-order valence-corrected chi connectivity index (χ1v) is 5.67. The number of hydrogen-bond donors (Lipinski definition) is 2. The topological polar surface area (TPSA) is 46.2 Å². The summed E-state index contributed by atoms with van der Waals surface area (Å²) in [7, 11) is 0. The molecule has 0 heterocycles. The second-order valence-corrected chi connectivity index (χ2v) is 5.06. The van der Waals surface area contributed by atoms with Gasteiger partial charge in [-0.1, -0.05) is 24.3 Å². The lowest BCUT2D eigenvalue weighted by Gasteiger charge is -2.19. The molecule has 1 aromatic rings. The van der Waals surface area contributed by atoms with Crippen LogP contribution in [0.15, 0.2) is 24.3 Å². The highest BCUT2D eigenvalue weighted by Gasteiger charge is 2.68. The lowest BCUT2D eigenvalue weighted by molar-refractivity contribution is 0.195. The minimum atomic E-state index is -0.0143. The lowest BCUT2D eigenvalue weighted by Crippen LogP contribution is -2.28. The predicted octanol–water partition coefficient (Wildman–Crippen LogP) is 1.21. The van der Waals surface area contributed by atoms with Gasteiger partial charge < -0.3 is 10.8 Å². The standard InChI is InChI=1S/C13H17NO/c14-8-12(9-15)7-13(12)6-5-10-3-1-2-4-11(10)13/h1-4,15H,5-9,14H2. The molecule has 15 heavy (non-hydrogen) atoms. The third-order valence-electron chi connectivity index (χ3n) is 4.58. The van der Waals surface area contributed by atoms with Crippen molar-refractivity contribution in [2.45, 2.75) is 24.7 Å². The molecule has 1 aromatic carbocycles. The number of benzene rings is 1. The fraction of sp³-hybridized carbons (Fsp3) is 0.538. The molecule has 2 atom stereocenters. The Hall–Kier alpha value is -0.860. The average molecular weight is 203 g/mol. The van der Waals surface area contributed by atoms with Crippen molar-refractivity contribution in [1.82, 2.24) is 0 Å². The third-order valence-corrected chi connectivity index (χ3v) is 4.58. The summed E-state index contributed by atoms with van der Waals surface area (Å²) >= 11 is 0. The monoisotopic (exact) mass is 203 g/mol. The van der Waals surface area contributed by atoms with Crippen molar-refractivity contribution in [2.24, 2.45) is 11.1 Å². The van der Waals surface area contributed by atoms with E-state index in [9.17, 15) is 5.11 Å². The van der Waals surface area contributed by atoms with Crippen LogP contribution < -0.4 is 5.73 Å². The van der Waals surface area contributed by atoms with E-state index in [0.29, 0.717) is 6.54 Å². The van der Waals surface area contributed by atoms with Gasteiger partial charge in [0.15, 0.2) is 0 Å². The van der Waals surface area contributed by atoms with E-state index in [1.807, 2.05) is 0 Å². The maximum absolute atomic E-state index is 9.53. The molecule has 0 radical (unpaired) electrons. The van der Waals surface area contributed by atoms with Gasteiger partial charge in [0, 0.05) is 17.4 Å². The van der Waals surface area contributed by atoms with Crippen LogP contribution in [-0.2, 0) is 11.8 Å². The average Bonchev–Trinajstić information content (AvgIpc) is 2.82. The number of hydrogen-bond acceptors (Lipinski definition) is 2. The summed E-state index contributed by atoms with van der Waals surface area (Å²) < 4.78 is 0. The molecular formula is C13H17NO. The second-order valence-electron chi connectivity index (χ2n) is 5.06. The zero-order valence-electron chi connectivity index (χ0n) is 8.87. The zero-order valence-corrected chi connectivity index (χ0v) is 8.87. The van der Waals surface area contributed by atoms with Crippen molar-refractivity contribution in [3.63, 3.8) is 0 Å². The van der Waals surface area contributed by atoms with E-state index in [1.165, 1.54) is 17.5 Å². The molecule has 1 saturated carbocycles. The van der Waals surface area contributed by atoms with Crippen LogP contribution in [-0.4, -0.2) is 18.3 Å². The normalized spacial score (nSPS) is 36.9. The molecule has 2 aliphatic carbocycles. The summed E-state index contributed by atoms with van der Waals surface area (Å²) in [6, 6.07) is 8.63. The van der Waals surface area contributed by atoms with Gasteiger partial charge in [-0.3, -0.25) is 0 Å². The molecule has 0 bridgehead atoms. The van der Waals surface area contributed by atoms with Crippen molar-refractivity contribution in [3.05, 3.63) is 35.4 Å². The van der Waals surface area contributed by atoms with Crippen molar-refractivity contribution in [3.8, 4) is 0 Å². The number of fused-ring (bicyclic) bond motifs is 2. The van der Waals surface area contributed by atoms with E-state index >= 15 is 0 Å². The van der Waals surface area contributed by atoms with Crippen molar-refractivity contribution < 1.29 is 5.11 Å². The maximum atomic E-state index is 9.53. The summed E-state index contributed by atoms with van der Waals surface area (Å²) in [5.74, 6) is 0. The molecule has 2 aliphatic rings. The van der Waals surface area contributed by atoms with E-state index in [0.717, 1.165) is 12.8 Å². The van der Waals surface area contributed by atoms with Gasteiger partial charge in [-0.05, 0) is 30.4 Å². The fourth-order valence-electron chi connectivity index (χ4n) is 3.50. The summed E-state index contributed by atoms with van der Waals surface area (Å²) in [5, 5.41) is 9.53. The van der Waals surface area contributed by atoms with E-state index in [2.05, 4.69) is 24.3 Å². The highest BCUT2D eigenvalue weighted by Crippen LogP contribution is 2.69. The SMILES string of the molecule is NCC1(CO)CC12CCc1ccccc12. The highest BCUT2D eigenvalue weighted by molar-refractivity contribution is 5.48. The Kier molecular flexibility index (Phi) is 1.77. The van der Waals surface area contributed by atoms with Crippen molar-refractivity contribution >= 4 is 0 Å². The smallest absolute Gasteiger partial charge is 0.0508 e. The Morgan fingerprint density at radius 2 is 2.13 bits per heavy atom. The van der Waals surface area contributed by atoms with Gasteiger partial charge in [-0.2, -0.15) is 0 Å². The van der Waals surface area contributed by atoms with Gasteiger partial charge >= 0.3 is 0 Å². The van der Waals surface area contributed by atoms with Crippen LogP contribution in [0.1, 0.15) is 24.0 Å². The molecular weight excluding hydrogens is 186 g/mol. The van der Waals surface area contributed by atoms with Crippen molar-refractivity contribution in [1.29, 1.82) is 0 Å². The van der Waals surface area contributed by atoms with E-state index in [-0.39, 0.29) is 17.4 Å². The molecule has 2 heteroatoms. The Labute approximate surface area is 90.1 Å². The van der Waals surface area contributed by atoms with Gasteiger partial charge in [-0.15, -0.1) is 0 Å². The molecule has 1 spiro atoms. The van der Waals surface area contributed by atoms with Crippen LogP contribution in [0.4, 0.5) is 0 Å². The van der Waals surface area contributed by atoms with Gasteiger partial charge in [0.05, 0.1) is 6.61 Å². The molecule has 80 valence electrons. The number of aliphatic hydroxyl groups excluding tert-OH is 1. The molecule has 0 saturated heterocycles. The quantitative estimate of drug-likeness (QED) is 0.759. The lowest BCUT2D eigenvalue weighted by atomic mass is 9.88. The summed E-state index contributed by atoms with van der Waals surface area (Å²) in [5.41, 5.74) is 8.94. The highest BCUT2D eigenvalue weighted by atomic mass is 16.3. The Morgan fingerprint density at radius 3 is 2.80 bits per heavy atom. The summed E-state index contributed by atoms with van der Waals surface area (Å²) in [6.45, 7) is 0.843. The van der Waals surface area contributed by atoms with Crippen LogP contribution in [0.5, 0.6) is 0 Å². The van der Waals surface area contributed by atoms with Crippen LogP contribution in [0.2, 0.25) is 0 Å². The van der Waals surface area contributed by atoms with Gasteiger partial charge in [0.1, 0.15) is 0 Å². The van der Waals surface area contributed by atoms with Crippen LogP contribution >= 0.6 is 0 Å². The Morgan fingerprint density at radius 1 is 1.33 bits per heavy atom. The molecule has 2 nitrogen and oxygen atoms in total. The number of aliphatic hydroxyl groups is 1. The minimum absolute atomic E-state index is 0.0143. The van der Waals surface area contributed by atoms with E-state index < -0.39 is 0 Å². The third kappa shape index (κ3) is 0.963. The molecule has 0 aromatic heterocycles. The minimum Gasteiger partial charge on any atom is -0.396 e. The van der Waals surface area contributed by atoms with Gasteiger partial charge in [0.25, 0.3) is 0 Å². The number of rotatable bonds is 2. The molecule has 3 N–H and O–H groups in total. The second kappa shape index (κ2) is 2.83.